The average molecular weight is 262 g/mol. The van der Waals surface area contributed by atoms with Crippen molar-refractivity contribution in [1.29, 1.82) is 0 Å². The van der Waals surface area contributed by atoms with Gasteiger partial charge in [0.05, 0.1) is 18.3 Å². The van der Waals surface area contributed by atoms with Gasteiger partial charge in [-0.05, 0) is 24.5 Å². The number of hydrogen-bond acceptors (Lipinski definition) is 3. The van der Waals surface area contributed by atoms with Crippen LogP contribution in [0, 0.1) is 5.92 Å². The molecule has 4 nitrogen and oxygen atoms in total. The summed E-state index contributed by atoms with van der Waals surface area (Å²) in [6, 6.07) is 7.21. The minimum atomic E-state index is -0.448. The van der Waals surface area contributed by atoms with Crippen molar-refractivity contribution in [2.24, 2.45) is 11.7 Å². The highest BCUT2D eigenvalue weighted by Gasteiger charge is 2.28. The van der Waals surface area contributed by atoms with Gasteiger partial charge >= 0.3 is 0 Å². The van der Waals surface area contributed by atoms with Crippen LogP contribution in [0.15, 0.2) is 24.3 Å². The lowest BCUT2D eigenvalue weighted by Crippen LogP contribution is -2.47. The fourth-order valence-corrected chi connectivity index (χ4v) is 2.23. The maximum absolute atomic E-state index is 12.6. The molecule has 2 N–H and O–H groups in total. The Balaban J connectivity index is 2.26. The molecule has 1 aliphatic rings. The van der Waals surface area contributed by atoms with E-state index in [1.165, 1.54) is 0 Å². The molecule has 1 aliphatic heterocycles. The Hall–Kier alpha value is -1.55. The Bertz CT molecular complexity index is 448. The van der Waals surface area contributed by atoms with Gasteiger partial charge < -0.3 is 15.4 Å². The second-order valence-corrected chi connectivity index (χ2v) is 5.07. The Morgan fingerprint density at radius 1 is 1.47 bits per heavy atom. The number of nitrogens with zero attached hydrogens (tertiary/aromatic N) is 1. The maximum Gasteiger partial charge on any atom is 0.244 e. The van der Waals surface area contributed by atoms with Gasteiger partial charge in [-0.15, -0.1) is 0 Å². The van der Waals surface area contributed by atoms with Crippen LogP contribution in [-0.4, -0.2) is 25.1 Å². The molecule has 0 bridgehead atoms. The van der Waals surface area contributed by atoms with Crippen LogP contribution >= 0.6 is 0 Å². The molecule has 19 heavy (non-hydrogen) atoms. The van der Waals surface area contributed by atoms with Crippen LogP contribution < -0.4 is 15.4 Å². The van der Waals surface area contributed by atoms with Crippen molar-refractivity contribution >= 4 is 11.6 Å². The number of carbonyl (C=O) groups is 1. The van der Waals surface area contributed by atoms with Crippen LogP contribution in [-0.2, 0) is 4.79 Å². The number of ether oxygens (including phenoxy) is 1. The Kier molecular flexibility index (Phi) is 4.43. The minimum absolute atomic E-state index is 0.00713. The largest absolute Gasteiger partial charge is 0.491 e. The monoisotopic (exact) mass is 262 g/mol. The first-order chi connectivity index (χ1) is 9.15. The summed E-state index contributed by atoms with van der Waals surface area (Å²) in [5.41, 5.74) is 6.92. The normalized spacial score (nSPS) is 17.9. The van der Waals surface area contributed by atoms with E-state index >= 15 is 0 Å². The summed E-state index contributed by atoms with van der Waals surface area (Å²) in [5, 5.41) is 0. The van der Waals surface area contributed by atoms with Gasteiger partial charge in [-0.1, -0.05) is 32.4 Å². The van der Waals surface area contributed by atoms with Gasteiger partial charge in [0.2, 0.25) is 5.91 Å². The van der Waals surface area contributed by atoms with E-state index in [0.29, 0.717) is 13.2 Å². The predicted octanol–water partition coefficient (Wildman–Crippen LogP) is 2.18. The quantitative estimate of drug-likeness (QED) is 0.908. The van der Waals surface area contributed by atoms with Gasteiger partial charge in [-0.25, -0.2) is 0 Å². The highest BCUT2D eigenvalue weighted by molar-refractivity contribution is 5.98. The van der Waals surface area contributed by atoms with Crippen molar-refractivity contribution in [3.8, 4) is 5.75 Å². The molecule has 0 fully saturated rings. The second kappa shape index (κ2) is 6.06. The standard InChI is InChI=1S/C15H22N2O2/c1-3-11(2)14(16)15(18)17-9-6-10-19-13-8-5-4-7-12(13)17/h4-5,7-8,11,14H,3,6,9-10,16H2,1-2H3/t11?,14-/m0/s1. The van der Waals surface area contributed by atoms with E-state index in [4.69, 9.17) is 10.5 Å². The fraction of sp³-hybridized carbons (Fsp3) is 0.533. The van der Waals surface area contributed by atoms with Crippen molar-refractivity contribution in [3.05, 3.63) is 24.3 Å². The van der Waals surface area contributed by atoms with Gasteiger partial charge in [0.15, 0.2) is 0 Å². The van der Waals surface area contributed by atoms with Crippen molar-refractivity contribution < 1.29 is 9.53 Å². The van der Waals surface area contributed by atoms with E-state index in [1.807, 2.05) is 31.2 Å². The first-order valence-corrected chi connectivity index (χ1v) is 6.94. The molecule has 0 spiro atoms. The molecule has 1 amide bonds. The number of amides is 1. The van der Waals surface area contributed by atoms with Gasteiger partial charge in [-0.3, -0.25) is 4.79 Å². The molecule has 2 rings (SSSR count). The molecule has 4 heteroatoms. The summed E-state index contributed by atoms with van der Waals surface area (Å²) < 4.78 is 5.66. The lowest BCUT2D eigenvalue weighted by Gasteiger charge is -2.27. The van der Waals surface area contributed by atoms with E-state index in [9.17, 15) is 4.79 Å². The Labute approximate surface area is 114 Å². The summed E-state index contributed by atoms with van der Waals surface area (Å²) >= 11 is 0. The Morgan fingerprint density at radius 2 is 2.21 bits per heavy atom. The van der Waals surface area contributed by atoms with Crippen LogP contribution in [0.3, 0.4) is 0 Å². The lowest BCUT2D eigenvalue weighted by atomic mass is 9.98. The predicted molar refractivity (Wildman–Crippen MR) is 76.3 cm³/mol. The topological polar surface area (TPSA) is 55.6 Å². The summed E-state index contributed by atoms with van der Waals surface area (Å²) in [7, 11) is 0. The van der Waals surface area contributed by atoms with Gasteiger partial charge in [-0.2, -0.15) is 0 Å². The Morgan fingerprint density at radius 3 is 2.95 bits per heavy atom. The number of hydrogen-bond donors (Lipinski definition) is 1. The average Bonchev–Trinajstić information content (AvgIpc) is 2.67. The summed E-state index contributed by atoms with van der Waals surface area (Å²) in [5.74, 6) is 0.945. The van der Waals surface area contributed by atoms with Crippen LogP contribution in [0.25, 0.3) is 0 Å². The molecule has 1 aromatic carbocycles. The maximum atomic E-state index is 12.6. The number of nitrogens with two attached hydrogens (primary N) is 1. The van der Waals surface area contributed by atoms with Crippen LogP contribution in [0.2, 0.25) is 0 Å². The van der Waals surface area contributed by atoms with Crippen molar-refractivity contribution in [2.45, 2.75) is 32.7 Å². The van der Waals surface area contributed by atoms with Gasteiger partial charge in [0.25, 0.3) is 0 Å². The number of carbonyl (C=O) groups excluding carboxylic acids is 1. The van der Waals surface area contributed by atoms with E-state index in [1.54, 1.807) is 4.90 Å². The highest BCUT2D eigenvalue weighted by atomic mass is 16.5. The summed E-state index contributed by atoms with van der Waals surface area (Å²) in [6.07, 6.45) is 1.73. The third kappa shape index (κ3) is 2.89. The van der Waals surface area contributed by atoms with Gasteiger partial charge in [0, 0.05) is 6.54 Å². The van der Waals surface area contributed by atoms with Crippen LogP contribution in [0.1, 0.15) is 26.7 Å². The number of benzene rings is 1. The first kappa shape index (κ1) is 13.9. The number of anilines is 1. The third-order valence-corrected chi connectivity index (χ3v) is 3.75. The molecule has 1 unspecified atom stereocenters. The van der Waals surface area contributed by atoms with Crippen LogP contribution in [0.5, 0.6) is 5.75 Å². The molecule has 0 radical (unpaired) electrons. The van der Waals surface area contributed by atoms with E-state index < -0.39 is 6.04 Å². The van der Waals surface area contributed by atoms with Crippen molar-refractivity contribution in [1.82, 2.24) is 0 Å². The van der Waals surface area contributed by atoms with E-state index in [2.05, 4.69) is 6.92 Å². The molecule has 0 aliphatic carbocycles. The zero-order chi connectivity index (χ0) is 13.8. The summed E-state index contributed by atoms with van der Waals surface area (Å²) in [6.45, 7) is 5.37. The zero-order valence-electron chi connectivity index (χ0n) is 11.6. The molecule has 0 saturated carbocycles. The van der Waals surface area contributed by atoms with Crippen molar-refractivity contribution in [3.63, 3.8) is 0 Å². The number of para-hydroxylation sites is 2. The molecular formula is C15H22N2O2. The summed E-state index contributed by atoms with van der Waals surface area (Å²) in [4.78, 5) is 14.3. The van der Waals surface area contributed by atoms with E-state index in [0.717, 1.165) is 24.3 Å². The SMILES string of the molecule is CCC(C)[C@H](N)C(=O)N1CCCOc2ccccc21. The molecule has 2 atom stereocenters. The highest BCUT2D eigenvalue weighted by Crippen LogP contribution is 2.31. The van der Waals surface area contributed by atoms with Gasteiger partial charge in [0.1, 0.15) is 5.75 Å². The van der Waals surface area contributed by atoms with E-state index in [-0.39, 0.29) is 11.8 Å². The fourth-order valence-electron chi connectivity index (χ4n) is 2.23. The molecular weight excluding hydrogens is 240 g/mol. The minimum Gasteiger partial charge on any atom is -0.491 e. The number of rotatable bonds is 3. The molecule has 1 aromatic rings. The third-order valence-electron chi connectivity index (χ3n) is 3.75. The molecule has 0 aromatic heterocycles. The van der Waals surface area contributed by atoms with Crippen LogP contribution in [0.4, 0.5) is 5.69 Å². The second-order valence-electron chi connectivity index (χ2n) is 5.07. The van der Waals surface area contributed by atoms with Crippen molar-refractivity contribution in [2.75, 3.05) is 18.1 Å². The number of fused-ring (bicyclic) bond motifs is 1. The smallest absolute Gasteiger partial charge is 0.244 e. The first-order valence-electron chi connectivity index (χ1n) is 6.94. The molecule has 104 valence electrons. The molecule has 1 heterocycles. The molecule has 0 saturated heterocycles. The zero-order valence-corrected chi connectivity index (χ0v) is 11.6. The lowest BCUT2D eigenvalue weighted by molar-refractivity contribution is -0.120.